The lowest BCUT2D eigenvalue weighted by molar-refractivity contribution is -0.123. The van der Waals surface area contributed by atoms with Gasteiger partial charge in [0.15, 0.2) is 0 Å². The molecule has 1 fully saturated rings. The third-order valence-corrected chi connectivity index (χ3v) is 4.89. The highest BCUT2D eigenvalue weighted by atomic mass is 16.2. The summed E-state index contributed by atoms with van der Waals surface area (Å²) >= 11 is 0. The minimum absolute atomic E-state index is 0.0296. The quantitative estimate of drug-likeness (QED) is 0.932. The van der Waals surface area contributed by atoms with E-state index in [2.05, 4.69) is 24.3 Å². The number of carbonyl (C=O) groups excluding carboxylic acids is 1. The zero-order valence-electron chi connectivity index (χ0n) is 13.0. The molecule has 1 aliphatic carbocycles. The van der Waals surface area contributed by atoms with Gasteiger partial charge in [0.25, 0.3) is 5.56 Å². The lowest BCUT2D eigenvalue weighted by atomic mass is 9.78. The summed E-state index contributed by atoms with van der Waals surface area (Å²) in [5.74, 6) is 0.948. The van der Waals surface area contributed by atoms with Crippen LogP contribution in [0.3, 0.4) is 0 Å². The van der Waals surface area contributed by atoms with E-state index in [1.807, 2.05) is 0 Å². The first kappa shape index (κ1) is 14.8. The highest BCUT2D eigenvalue weighted by Crippen LogP contribution is 2.29. The lowest BCUT2D eigenvalue weighted by Crippen LogP contribution is -2.45. The van der Waals surface area contributed by atoms with Crippen molar-refractivity contribution < 1.29 is 4.79 Å². The van der Waals surface area contributed by atoms with Gasteiger partial charge in [0.05, 0.1) is 0 Å². The van der Waals surface area contributed by atoms with Gasteiger partial charge in [-0.1, -0.05) is 26.7 Å². The molecule has 6 heteroatoms. The van der Waals surface area contributed by atoms with Gasteiger partial charge in [-0.05, 0) is 30.4 Å². The second kappa shape index (κ2) is 5.94. The van der Waals surface area contributed by atoms with Crippen LogP contribution in [0.25, 0.3) is 5.52 Å². The molecule has 3 rings (SSSR count). The van der Waals surface area contributed by atoms with Crippen molar-refractivity contribution in [3.05, 3.63) is 35.0 Å². The van der Waals surface area contributed by atoms with Crippen LogP contribution in [0.2, 0.25) is 0 Å². The number of aromatic nitrogens is 3. The molecule has 0 saturated heterocycles. The van der Waals surface area contributed by atoms with Crippen molar-refractivity contribution in [2.45, 2.75) is 45.7 Å². The summed E-state index contributed by atoms with van der Waals surface area (Å²) in [4.78, 5) is 24.5. The number of nitrogens with zero attached hydrogens (tertiary/aromatic N) is 3. The molecule has 3 atom stereocenters. The first-order valence-electron chi connectivity index (χ1n) is 7.88. The van der Waals surface area contributed by atoms with Crippen LogP contribution in [0, 0.1) is 11.8 Å². The Bertz CT molecular complexity index is 733. The van der Waals surface area contributed by atoms with Crippen LogP contribution < -0.4 is 10.9 Å². The fraction of sp³-hybridized carbons (Fsp3) is 0.562. The van der Waals surface area contributed by atoms with Crippen molar-refractivity contribution in [2.24, 2.45) is 11.8 Å². The highest BCUT2D eigenvalue weighted by Gasteiger charge is 2.28. The topological polar surface area (TPSA) is 68.4 Å². The van der Waals surface area contributed by atoms with Crippen LogP contribution in [-0.2, 0) is 11.3 Å². The zero-order chi connectivity index (χ0) is 15.7. The maximum Gasteiger partial charge on any atom is 0.291 e. The number of fused-ring (bicyclic) bond motifs is 1. The molecule has 0 radical (unpaired) electrons. The number of nitrogens with one attached hydrogen (secondary N) is 1. The van der Waals surface area contributed by atoms with Gasteiger partial charge >= 0.3 is 0 Å². The molecule has 0 aliphatic heterocycles. The van der Waals surface area contributed by atoms with Crippen LogP contribution in [0.5, 0.6) is 0 Å². The Morgan fingerprint density at radius 1 is 1.41 bits per heavy atom. The largest absolute Gasteiger partial charge is 0.351 e. The van der Waals surface area contributed by atoms with Gasteiger partial charge in [-0.15, -0.1) is 0 Å². The molecule has 0 bridgehead atoms. The van der Waals surface area contributed by atoms with Crippen LogP contribution in [-0.4, -0.2) is 26.1 Å². The predicted octanol–water partition coefficient (Wildman–Crippen LogP) is 1.44. The molecule has 2 aromatic rings. The second-order valence-corrected chi connectivity index (χ2v) is 6.34. The van der Waals surface area contributed by atoms with Crippen molar-refractivity contribution in [1.82, 2.24) is 19.5 Å². The number of hydrogen-bond donors (Lipinski definition) is 1. The van der Waals surface area contributed by atoms with Gasteiger partial charge in [-0.2, -0.15) is 5.10 Å². The minimum atomic E-state index is -0.243. The molecule has 0 spiro atoms. The Morgan fingerprint density at radius 2 is 2.23 bits per heavy atom. The summed E-state index contributed by atoms with van der Waals surface area (Å²) in [5.41, 5.74) is 0.287. The average molecular weight is 302 g/mol. The highest BCUT2D eigenvalue weighted by molar-refractivity contribution is 5.76. The van der Waals surface area contributed by atoms with Crippen LogP contribution >= 0.6 is 0 Å². The Balaban J connectivity index is 1.70. The monoisotopic (exact) mass is 302 g/mol. The Hall–Kier alpha value is -2.11. The van der Waals surface area contributed by atoms with E-state index >= 15 is 0 Å². The smallest absolute Gasteiger partial charge is 0.291 e. The fourth-order valence-electron chi connectivity index (χ4n) is 3.27. The summed E-state index contributed by atoms with van der Waals surface area (Å²) in [5, 5.41) is 7.12. The summed E-state index contributed by atoms with van der Waals surface area (Å²) in [7, 11) is 0. The Kier molecular flexibility index (Phi) is 4.00. The molecule has 1 N–H and O–H groups in total. The molecule has 1 amide bonds. The van der Waals surface area contributed by atoms with Gasteiger partial charge in [-0.3, -0.25) is 9.59 Å². The number of rotatable bonds is 3. The standard InChI is InChI=1S/C16H22N4O2/c1-11-5-3-6-13(12(11)2)18-15(21)9-20-16(22)14-7-4-8-19(14)10-17-20/h4,7-8,10-13H,3,5-6,9H2,1-2H3,(H,18,21). The zero-order valence-corrected chi connectivity index (χ0v) is 13.0. The SMILES string of the molecule is CC1CCCC(NC(=O)Cn2ncn3cccc3c2=O)C1C. The predicted molar refractivity (Wildman–Crippen MR) is 83.6 cm³/mol. The normalized spacial score (nSPS) is 25.3. The van der Waals surface area contributed by atoms with E-state index in [9.17, 15) is 9.59 Å². The number of carbonyl (C=O) groups is 1. The minimum Gasteiger partial charge on any atom is -0.351 e. The van der Waals surface area contributed by atoms with E-state index in [-0.39, 0.29) is 24.1 Å². The summed E-state index contributed by atoms with van der Waals surface area (Å²) < 4.78 is 2.88. The van der Waals surface area contributed by atoms with Crippen LogP contribution in [0.15, 0.2) is 29.5 Å². The molecule has 1 saturated carbocycles. The Morgan fingerprint density at radius 3 is 3.05 bits per heavy atom. The molecule has 118 valence electrons. The third kappa shape index (κ3) is 2.77. The van der Waals surface area contributed by atoms with Crippen molar-refractivity contribution in [2.75, 3.05) is 0 Å². The van der Waals surface area contributed by atoms with Crippen molar-refractivity contribution in [3.8, 4) is 0 Å². The van der Waals surface area contributed by atoms with Crippen LogP contribution in [0.4, 0.5) is 0 Å². The molecule has 1 aliphatic rings. The first-order chi connectivity index (χ1) is 10.6. The first-order valence-corrected chi connectivity index (χ1v) is 7.88. The second-order valence-electron chi connectivity index (χ2n) is 6.34. The molecule has 2 aromatic heterocycles. The van der Waals surface area contributed by atoms with Crippen molar-refractivity contribution in [1.29, 1.82) is 0 Å². The maximum absolute atomic E-state index is 12.2. The average Bonchev–Trinajstić information content (AvgIpc) is 2.96. The van der Waals surface area contributed by atoms with E-state index < -0.39 is 0 Å². The molecular formula is C16H22N4O2. The Labute approximate surface area is 129 Å². The lowest BCUT2D eigenvalue weighted by Gasteiger charge is -2.34. The maximum atomic E-state index is 12.2. The van der Waals surface area contributed by atoms with Crippen LogP contribution in [0.1, 0.15) is 33.1 Å². The molecular weight excluding hydrogens is 280 g/mol. The van der Waals surface area contributed by atoms with Gasteiger partial charge in [0.1, 0.15) is 18.4 Å². The van der Waals surface area contributed by atoms with E-state index in [0.717, 1.165) is 12.8 Å². The van der Waals surface area contributed by atoms with Gasteiger partial charge < -0.3 is 9.72 Å². The van der Waals surface area contributed by atoms with Gasteiger partial charge in [0.2, 0.25) is 5.91 Å². The molecule has 3 unspecified atom stereocenters. The van der Waals surface area contributed by atoms with E-state index in [4.69, 9.17) is 0 Å². The molecule has 22 heavy (non-hydrogen) atoms. The van der Waals surface area contributed by atoms with Crippen molar-refractivity contribution in [3.63, 3.8) is 0 Å². The molecule has 0 aromatic carbocycles. The summed E-state index contributed by atoms with van der Waals surface area (Å²) in [6.07, 6.45) is 6.69. The van der Waals surface area contributed by atoms with Crippen molar-refractivity contribution >= 4 is 11.4 Å². The third-order valence-electron chi connectivity index (χ3n) is 4.89. The van der Waals surface area contributed by atoms with Gasteiger partial charge in [0, 0.05) is 12.2 Å². The molecule has 6 nitrogen and oxygen atoms in total. The number of hydrogen-bond acceptors (Lipinski definition) is 3. The van der Waals surface area contributed by atoms with Gasteiger partial charge in [-0.25, -0.2) is 4.68 Å². The number of amides is 1. The van der Waals surface area contributed by atoms with E-state index in [0.29, 0.717) is 17.4 Å². The van der Waals surface area contributed by atoms with E-state index in [1.54, 1.807) is 29.1 Å². The van der Waals surface area contributed by atoms with E-state index in [1.165, 1.54) is 11.1 Å². The summed E-state index contributed by atoms with van der Waals surface area (Å²) in [6, 6.07) is 3.71. The summed E-state index contributed by atoms with van der Waals surface area (Å²) in [6.45, 7) is 4.39. The molecule has 2 heterocycles. The fourth-order valence-corrected chi connectivity index (χ4v) is 3.27.